The summed E-state index contributed by atoms with van der Waals surface area (Å²) >= 11 is 0. The molecule has 2 aliphatic rings. The van der Waals surface area contributed by atoms with Crippen LogP contribution in [0.5, 0.6) is 5.88 Å². The summed E-state index contributed by atoms with van der Waals surface area (Å²) < 4.78 is 57.8. The molecule has 3 amide bonds. The third-order valence-electron chi connectivity index (χ3n) is 7.80. The highest BCUT2D eigenvalue weighted by Gasteiger charge is 2.49. The Morgan fingerprint density at radius 3 is 2.23 bits per heavy atom. The largest absolute Gasteiger partial charge is 0.481 e. The lowest BCUT2D eigenvalue weighted by Gasteiger charge is -2.38. The van der Waals surface area contributed by atoms with E-state index in [1.54, 1.807) is 13.8 Å². The first-order chi connectivity index (χ1) is 22.3. The van der Waals surface area contributed by atoms with Crippen LogP contribution in [0.1, 0.15) is 62.0 Å². The average Bonchev–Trinajstić information content (AvgIpc) is 3.44. The van der Waals surface area contributed by atoms with Crippen molar-refractivity contribution in [1.82, 2.24) is 24.9 Å². The molecule has 1 aliphatic heterocycles. The molecule has 2 fully saturated rings. The van der Waals surface area contributed by atoms with Crippen LogP contribution in [0.15, 0.2) is 30.3 Å². The van der Waals surface area contributed by atoms with Crippen LogP contribution in [-0.4, -0.2) is 106 Å². The van der Waals surface area contributed by atoms with Crippen LogP contribution in [0, 0.1) is 0 Å². The Labute approximate surface area is 267 Å². The molecule has 2 N–H and O–H groups in total. The number of benzene rings is 1. The first-order valence-electron chi connectivity index (χ1n) is 15.1. The molecule has 4 rings (SSSR count). The van der Waals surface area contributed by atoms with E-state index in [4.69, 9.17) is 14.2 Å². The van der Waals surface area contributed by atoms with Gasteiger partial charge in [0.15, 0.2) is 5.69 Å². The zero-order valence-electron chi connectivity index (χ0n) is 25.9. The van der Waals surface area contributed by atoms with Crippen molar-refractivity contribution in [3.8, 4) is 11.6 Å². The number of carbonyl (C=O) groups is 5. The fraction of sp³-hybridized carbons (Fsp3) is 0.533. The topological polar surface area (TPSA) is 170 Å². The van der Waals surface area contributed by atoms with Crippen LogP contribution < -0.4 is 10.1 Å². The fourth-order valence-corrected chi connectivity index (χ4v) is 5.16. The summed E-state index contributed by atoms with van der Waals surface area (Å²) in [4.78, 5) is 66.0. The molecule has 47 heavy (non-hydrogen) atoms. The number of hydrogen-bond donors (Lipinski definition) is 2. The molecule has 1 atom stereocenters. The summed E-state index contributed by atoms with van der Waals surface area (Å²) in [5.41, 5.74) is -2.91. The van der Waals surface area contributed by atoms with Crippen molar-refractivity contribution in [2.24, 2.45) is 0 Å². The van der Waals surface area contributed by atoms with E-state index in [-0.39, 0.29) is 75.9 Å². The number of carbonyl (C=O) groups excluding carboxylic acids is 4. The SMILES string of the molecule is CCOC(=O)N1CCN(C(=O)[C@H](CCC(=O)O)NC(=O)c2cc(OC3(C(=O)OCC)CCC3)n(-c3cccc(C(F)(F)F)c3)n2)CC1. The molecule has 2 aromatic rings. The van der Waals surface area contributed by atoms with Gasteiger partial charge in [-0.05, 0) is 57.7 Å². The van der Waals surface area contributed by atoms with Gasteiger partial charge >= 0.3 is 24.2 Å². The standard InChI is InChI=1S/C30H36F3N5O9/c1-3-45-27(43)29(11-6-12-29)47-23-18-22(35-38(23)20-8-5-7-19(17-20)30(31,32)33)25(41)34-21(9-10-24(39)40)26(42)36-13-15-37(16-14-36)28(44)46-4-2/h5,7-8,17-18,21H,3-4,6,9-16H2,1-2H3,(H,34,41)(H,39,40)/t21-/m0/s1. The van der Waals surface area contributed by atoms with Crippen LogP contribution >= 0.6 is 0 Å². The molecule has 0 radical (unpaired) electrons. The Hall–Kier alpha value is -4.83. The number of alkyl halides is 3. The molecule has 0 spiro atoms. The number of carboxylic acids is 1. The molecular weight excluding hydrogens is 631 g/mol. The Morgan fingerprint density at radius 1 is 1.00 bits per heavy atom. The minimum absolute atomic E-state index is 0.0636. The molecule has 17 heteroatoms. The Kier molecular flexibility index (Phi) is 11.0. The number of aromatic nitrogens is 2. The second-order valence-corrected chi connectivity index (χ2v) is 11.0. The first-order valence-corrected chi connectivity index (χ1v) is 15.1. The number of nitrogens with one attached hydrogen (secondary N) is 1. The van der Waals surface area contributed by atoms with Gasteiger partial charge in [0, 0.05) is 38.7 Å². The van der Waals surface area contributed by atoms with E-state index in [0.717, 1.165) is 28.9 Å². The van der Waals surface area contributed by atoms with Crippen LogP contribution in [0.4, 0.5) is 18.0 Å². The Balaban J connectivity index is 1.62. The molecular formula is C30H36F3N5O9. The number of hydrogen-bond acceptors (Lipinski definition) is 9. The molecule has 256 valence electrons. The minimum atomic E-state index is -4.69. The van der Waals surface area contributed by atoms with Crippen LogP contribution in [0.3, 0.4) is 0 Å². The normalized spacial score (nSPS) is 16.4. The second-order valence-electron chi connectivity index (χ2n) is 11.0. The number of nitrogens with zero attached hydrogens (tertiary/aromatic N) is 4. The van der Waals surface area contributed by atoms with Crippen molar-refractivity contribution in [2.75, 3.05) is 39.4 Å². The maximum atomic E-state index is 13.6. The monoisotopic (exact) mass is 667 g/mol. The minimum Gasteiger partial charge on any atom is -0.481 e. The highest BCUT2D eigenvalue weighted by atomic mass is 19.4. The Bertz CT molecular complexity index is 1480. The van der Waals surface area contributed by atoms with Gasteiger partial charge in [-0.2, -0.15) is 18.3 Å². The van der Waals surface area contributed by atoms with E-state index in [1.807, 2.05) is 0 Å². The summed E-state index contributed by atoms with van der Waals surface area (Å²) in [7, 11) is 0. The number of halogens is 3. The fourth-order valence-electron chi connectivity index (χ4n) is 5.16. The quantitative estimate of drug-likeness (QED) is 0.321. The second kappa shape index (κ2) is 14.7. The molecule has 1 aromatic heterocycles. The average molecular weight is 668 g/mol. The van der Waals surface area contributed by atoms with E-state index >= 15 is 0 Å². The van der Waals surface area contributed by atoms with Gasteiger partial charge in [0.1, 0.15) is 6.04 Å². The lowest BCUT2D eigenvalue weighted by Crippen LogP contribution is -2.56. The zero-order chi connectivity index (χ0) is 34.4. The smallest absolute Gasteiger partial charge is 0.416 e. The maximum absolute atomic E-state index is 13.6. The van der Waals surface area contributed by atoms with E-state index in [0.29, 0.717) is 6.42 Å². The Morgan fingerprint density at radius 2 is 1.66 bits per heavy atom. The molecule has 1 saturated carbocycles. The van der Waals surface area contributed by atoms with Gasteiger partial charge in [-0.3, -0.25) is 14.4 Å². The lowest BCUT2D eigenvalue weighted by molar-refractivity contribution is -0.170. The van der Waals surface area contributed by atoms with Crippen molar-refractivity contribution in [3.63, 3.8) is 0 Å². The van der Waals surface area contributed by atoms with Gasteiger partial charge in [-0.1, -0.05) is 6.07 Å². The molecule has 0 bridgehead atoms. The third-order valence-corrected chi connectivity index (χ3v) is 7.80. The number of piperazine rings is 1. The first kappa shape index (κ1) is 35.0. The molecule has 1 aromatic carbocycles. The van der Waals surface area contributed by atoms with Gasteiger partial charge in [0.25, 0.3) is 5.91 Å². The summed E-state index contributed by atoms with van der Waals surface area (Å²) in [6.07, 6.45) is -4.82. The third kappa shape index (κ3) is 8.31. The zero-order valence-corrected chi connectivity index (χ0v) is 25.9. The van der Waals surface area contributed by atoms with Gasteiger partial charge < -0.3 is 34.4 Å². The van der Waals surface area contributed by atoms with Gasteiger partial charge in [0.2, 0.25) is 17.4 Å². The number of rotatable bonds is 12. The van der Waals surface area contributed by atoms with Crippen molar-refractivity contribution < 1.29 is 56.5 Å². The van der Waals surface area contributed by atoms with Crippen molar-refractivity contribution in [2.45, 2.75) is 63.8 Å². The highest BCUT2D eigenvalue weighted by molar-refractivity contribution is 5.96. The molecule has 1 aliphatic carbocycles. The highest BCUT2D eigenvalue weighted by Crippen LogP contribution is 2.39. The van der Waals surface area contributed by atoms with Gasteiger partial charge in [0.05, 0.1) is 24.5 Å². The van der Waals surface area contributed by atoms with E-state index in [2.05, 4.69) is 10.4 Å². The summed E-state index contributed by atoms with van der Waals surface area (Å²) in [6.45, 7) is 4.06. The van der Waals surface area contributed by atoms with E-state index in [9.17, 15) is 42.3 Å². The number of ether oxygens (including phenoxy) is 3. The van der Waals surface area contributed by atoms with Gasteiger partial charge in [-0.15, -0.1) is 0 Å². The van der Waals surface area contributed by atoms with E-state index < -0.39 is 59.6 Å². The van der Waals surface area contributed by atoms with Crippen LogP contribution in [-0.2, 0) is 30.0 Å². The predicted octanol–water partition coefficient (Wildman–Crippen LogP) is 3.02. The number of esters is 1. The van der Waals surface area contributed by atoms with Crippen molar-refractivity contribution >= 4 is 29.8 Å². The molecule has 2 heterocycles. The van der Waals surface area contributed by atoms with Crippen LogP contribution in [0.25, 0.3) is 5.69 Å². The predicted molar refractivity (Wildman–Crippen MR) is 156 cm³/mol. The molecule has 14 nitrogen and oxygen atoms in total. The lowest BCUT2D eigenvalue weighted by atomic mass is 9.80. The van der Waals surface area contributed by atoms with E-state index in [1.165, 1.54) is 15.9 Å². The summed E-state index contributed by atoms with van der Waals surface area (Å²) in [5.74, 6) is -3.62. The number of aliphatic carboxylic acids is 1. The number of carboxylic acid groups (broad SMARTS) is 1. The van der Waals surface area contributed by atoms with Crippen molar-refractivity contribution in [1.29, 1.82) is 0 Å². The summed E-state index contributed by atoms with van der Waals surface area (Å²) in [6, 6.07) is 3.94. The number of amides is 3. The van der Waals surface area contributed by atoms with Crippen molar-refractivity contribution in [3.05, 3.63) is 41.6 Å². The molecule has 1 saturated heterocycles. The molecule has 0 unspecified atom stereocenters. The van der Waals surface area contributed by atoms with Gasteiger partial charge in [-0.25, -0.2) is 14.3 Å². The van der Waals surface area contributed by atoms with Crippen LogP contribution in [0.2, 0.25) is 0 Å². The maximum Gasteiger partial charge on any atom is 0.416 e. The summed E-state index contributed by atoms with van der Waals surface area (Å²) in [5, 5.41) is 16.0.